The molecule has 0 fully saturated rings. The first-order valence-electron chi connectivity index (χ1n) is 9.57. The normalized spacial score (nSPS) is 10.5. The fourth-order valence-electron chi connectivity index (χ4n) is 2.63. The van der Waals surface area contributed by atoms with Crippen LogP contribution in [0.25, 0.3) is 6.08 Å². The summed E-state index contributed by atoms with van der Waals surface area (Å²) in [5, 5.41) is 0. The number of hydrogen-bond acceptors (Lipinski definition) is 6. The van der Waals surface area contributed by atoms with Gasteiger partial charge in [-0.15, -0.1) is 0 Å². The summed E-state index contributed by atoms with van der Waals surface area (Å²) < 4.78 is 31.6. The SMILES string of the molecule is CC=Cc1c(CCCCCCCCC)cccc1OOCC.N.N.O=S(=O)(O)O. The molecule has 1 aromatic carbocycles. The third kappa shape index (κ3) is 19.6. The summed E-state index contributed by atoms with van der Waals surface area (Å²) in [5.41, 5.74) is 2.51. The maximum Gasteiger partial charge on any atom is 0.394 e. The Hall–Kier alpha value is -1.49. The molecule has 0 saturated heterocycles. The van der Waals surface area contributed by atoms with Crippen LogP contribution in [0.1, 0.15) is 76.8 Å². The number of hydrogen-bond donors (Lipinski definition) is 4. The van der Waals surface area contributed by atoms with E-state index < -0.39 is 10.4 Å². The third-order valence-electron chi connectivity index (χ3n) is 3.81. The lowest BCUT2D eigenvalue weighted by Gasteiger charge is -2.11. The van der Waals surface area contributed by atoms with Gasteiger partial charge >= 0.3 is 10.4 Å². The first kappa shape index (κ1) is 32.2. The van der Waals surface area contributed by atoms with E-state index in [4.69, 9.17) is 27.3 Å². The van der Waals surface area contributed by atoms with Crippen LogP contribution in [0.3, 0.4) is 0 Å². The van der Waals surface area contributed by atoms with E-state index in [1.54, 1.807) is 0 Å². The standard InChI is InChI=1S/C20H32O2.2H3N.H2O4S/c1-4-7-8-9-10-11-12-15-18-16-13-17-20(22-21-6-3)19(18)14-5-2;;;1-5(2,3)4/h5,13-14,16-17H,4,6-12,15H2,1-3H3;2*1H3;(H2,1,2,3,4). The molecular formula is C20H40N2O6S. The smallest absolute Gasteiger partial charge is 0.344 e. The molecule has 0 unspecified atom stereocenters. The minimum Gasteiger partial charge on any atom is -0.344 e. The molecule has 0 atom stereocenters. The van der Waals surface area contributed by atoms with Crippen molar-refractivity contribution in [3.63, 3.8) is 0 Å². The third-order valence-corrected chi connectivity index (χ3v) is 3.81. The van der Waals surface area contributed by atoms with Crippen LogP contribution in [0.15, 0.2) is 24.3 Å². The predicted octanol–water partition coefficient (Wildman–Crippen LogP) is 6.01. The molecule has 0 aromatic heterocycles. The molecule has 172 valence electrons. The molecule has 0 spiro atoms. The molecule has 8 nitrogen and oxygen atoms in total. The van der Waals surface area contributed by atoms with Gasteiger partial charge in [0.25, 0.3) is 0 Å². The average molecular weight is 437 g/mol. The second-order valence-electron chi connectivity index (χ2n) is 6.14. The Kier molecular flexibility index (Phi) is 22.0. The Balaban J connectivity index is -0.000000860. The van der Waals surface area contributed by atoms with Gasteiger partial charge in [0.1, 0.15) is 0 Å². The number of rotatable bonds is 12. The Bertz CT molecular complexity index is 628. The van der Waals surface area contributed by atoms with Crippen LogP contribution in [0, 0.1) is 0 Å². The van der Waals surface area contributed by atoms with Crippen LogP contribution < -0.4 is 17.2 Å². The van der Waals surface area contributed by atoms with Gasteiger partial charge in [-0.2, -0.15) is 13.3 Å². The first-order chi connectivity index (χ1) is 12.8. The van der Waals surface area contributed by atoms with E-state index in [1.807, 2.05) is 19.9 Å². The van der Waals surface area contributed by atoms with Crippen LogP contribution in [0.2, 0.25) is 0 Å². The zero-order chi connectivity index (χ0) is 20.5. The van der Waals surface area contributed by atoms with Crippen LogP contribution in [0.5, 0.6) is 5.75 Å². The van der Waals surface area contributed by atoms with Crippen molar-refractivity contribution in [2.45, 2.75) is 72.1 Å². The summed E-state index contributed by atoms with van der Waals surface area (Å²) in [7, 11) is -4.67. The number of benzene rings is 1. The van der Waals surface area contributed by atoms with Gasteiger partial charge in [-0.3, -0.25) is 9.11 Å². The van der Waals surface area contributed by atoms with Crippen molar-refractivity contribution in [3.8, 4) is 5.75 Å². The molecule has 0 bridgehead atoms. The zero-order valence-electron chi connectivity index (χ0n) is 18.1. The van der Waals surface area contributed by atoms with Gasteiger partial charge < -0.3 is 17.2 Å². The molecule has 1 rings (SSSR count). The Morgan fingerprint density at radius 3 is 2.03 bits per heavy atom. The molecule has 8 N–H and O–H groups in total. The molecule has 1 aromatic rings. The highest BCUT2D eigenvalue weighted by atomic mass is 32.3. The van der Waals surface area contributed by atoms with Gasteiger partial charge in [0, 0.05) is 5.56 Å². The summed E-state index contributed by atoms with van der Waals surface area (Å²) in [6.45, 7) is 6.78. The van der Waals surface area contributed by atoms with Crippen molar-refractivity contribution in [3.05, 3.63) is 35.4 Å². The van der Waals surface area contributed by atoms with Gasteiger partial charge in [0.15, 0.2) is 5.75 Å². The maximum atomic E-state index is 8.74. The Labute approximate surface area is 176 Å². The molecule has 0 heterocycles. The Morgan fingerprint density at radius 1 is 0.966 bits per heavy atom. The second kappa shape index (κ2) is 19.8. The van der Waals surface area contributed by atoms with E-state index in [2.05, 4.69) is 31.2 Å². The molecular weight excluding hydrogens is 396 g/mol. The lowest BCUT2D eigenvalue weighted by Crippen LogP contribution is -2.00. The van der Waals surface area contributed by atoms with E-state index in [1.165, 1.54) is 50.5 Å². The fourth-order valence-corrected chi connectivity index (χ4v) is 2.63. The summed E-state index contributed by atoms with van der Waals surface area (Å²) in [4.78, 5) is 10.5. The largest absolute Gasteiger partial charge is 0.394 e. The summed E-state index contributed by atoms with van der Waals surface area (Å²) in [6, 6.07) is 6.22. The summed E-state index contributed by atoms with van der Waals surface area (Å²) >= 11 is 0. The summed E-state index contributed by atoms with van der Waals surface area (Å²) in [5.74, 6) is 0.820. The van der Waals surface area contributed by atoms with Gasteiger partial charge in [-0.25, -0.2) is 0 Å². The molecule has 0 aliphatic rings. The van der Waals surface area contributed by atoms with Gasteiger partial charge in [0.05, 0.1) is 6.61 Å². The van der Waals surface area contributed by atoms with Crippen molar-refractivity contribution in [1.29, 1.82) is 0 Å². The lowest BCUT2D eigenvalue weighted by molar-refractivity contribution is -0.202. The van der Waals surface area contributed by atoms with Crippen molar-refractivity contribution < 1.29 is 27.3 Å². The minimum absolute atomic E-state index is 0. The molecule has 9 heteroatoms. The van der Waals surface area contributed by atoms with Crippen LogP contribution in [-0.2, 0) is 21.7 Å². The Morgan fingerprint density at radius 2 is 1.52 bits per heavy atom. The van der Waals surface area contributed by atoms with E-state index in [0.29, 0.717) is 6.61 Å². The molecule has 0 radical (unpaired) electrons. The average Bonchev–Trinajstić information content (AvgIpc) is 2.59. The van der Waals surface area contributed by atoms with Crippen molar-refractivity contribution in [2.75, 3.05) is 6.61 Å². The van der Waals surface area contributed by atoms with Crippen molar-refractivity contribution >= 4 is 16.5 Å². The van der Waals surface area contributed by atoms with Crippen molar-refractivity contribution in [2.24, 2.45) is 0 Å². The van der Waals surface area contributed by atoms with Gasteiger partial charge in [-0.05, 0) is 38.3 Å². The number of unbranched alkanes of at least 4 members (excludes halogenated alkanes) is 6. The minimum atomic E-state index is -4.67. The predicted molar refractivity (Wildman–Crippen MR) is 119 cm³/mol. The lowest BCUT2D eigenvalue weighted by atomic mass is 9.99. The maximum absolute atomic E-state index is 8.74. The molecule has 0 aliphatic carbocycles. The molecule has 29 heavy (non-hydrogen) atoms. The second-order valence-corrected chi connectivity index (χ2v) is 7.03. The van der Waals surface area contributed by atoms with Crippen LogP contribution in [-0.4, -0.2) is 24.1 Å². The van der Waals surface area contributed by atoms with E-state index in [-0.39, 0.29) is 12.3 Å². The molecule has 0 aliphatic heterocycles. The topological polar surface area (TPSA) is 163 Å². The quantitative estimate of drug-likeness (QED) is 0.134. The highest BCUT2D eigenvalue weighted by Gasteiger charge is 2.07. The molecule has 0 saturated carbocycles. The van der Waals surface area contributed by atoms with E-state index >= 15 is 0 Å². The van der Waals surface area contributed by atoms with E-state index in [0.717, 1.165) is 17.7 Å². The highest BCUT2D eigenvalue weighted by Crippen LogP contribution is 2.26. The van der Waals surface area contributed by atoms with Crippen LogP contribution >= 0.6 is 0 Å². The summed E-state index contributed by atoms with van der Waals surface area (Å²) in [6.07, 6.45) is 14.7. The fraction of sp³-hybridized carbons (Fsp3) is 0.600. The van der Waals surface area contributed by atoms with Crippen molar-refractivity contribution in [1.82, 2.24) is 12.3 Å². The monoisotopic (exact) mass is 436 g/mol. The highest BCUT2D eigenvalue weighted by molar-refractivity contribution is 7.79. The van der Waals surface area contributed by atoms with Gasteiger partial charge in [-0.1, -0.05) is 69.7 Å². The number of aryl methyl sites for hydroxylation is 1. The first-order valence-corrected chi connectivity index (χ1v) is 11.0. The van der Waals surface area contributed by atoms with Crippen LogP contribution in [0.4, 0.5) is 0 Å². The molecule has 0 amide bonds. The van der Waals surface area contributed by atoms with E-state index in [9.17, 15) is 0 Å². The van der Waals surface area contributed by atoms with Gasteiger partial charge in [0.2, 0.25) is 0 Å². The number of allylic oxidation sites excluding steroid dienone is 1. The zero-order valence-corrected chi connectivity index (χ0v) is 18.9.